The molecule has 1 heterocycles. The van der Waals surface area contributed by atoms with Gasteiger partial charge in [-0.1, -0.05) is 36.5 Å². The van der Waals surface area contributed by atoms with Crippen LogP contribution in [0.4, 0.5) is 4.39 Å². The predicted molar refractivity (Wildman–Crippen MR) is 74.8 cm³/mol. The van der Waals surface area contributed by atoms with Crippen molar-refractivity contribution in [2.24, 2.45) is 0 Å². The van der Waals surface area contributed by atoms with E-state index in [9.17, 15) is 4.79 Å². The molecule has 0 amide bonds. The molecule has 2 rings (SSSR count). The third kappa shape index (κ3) is 2.69. The summed E-state index contributed by atoms with van der Waals surface area (Å²) in [5, 5.41) is 4.23. The smallest absolute Gasteiger partial charge is 0.265 e. The highest BCUT2D eigenvalue weighted by Crippen LogP contribution is 2.32. The lowest BCUT2D eigenvalue weighted by molar-refractivity contribution is 0.0319. The van der Waals surface area contributed by atoms with Crippen LogP contribution in [-0.4, -0.2) is 20.5 Å². The number of nitrogens with zero attached hydrogens (tertiary/aromatic N) is 3. The van der Waals surface area contributed by atoms with E-state index < -0.39 is 11.6 Å². The van der Waals surface area contributed by atoms with Crippen molar-refractivity contribution in [1.82, 2.24) is 14.8 Å². The van der Waals surface area contributed by atoms with Crippen LogP contribution in [0.25, 0.3) is 0 Å². The van der Waals surface area contributed by atoms with Crippen LogP contribution in [0.1, 0.15) is 30.1 Å². The summed E-state index contributed by atoms with van der Waals surface area (Å²) in [6.07, 6.45) is 2.81. The second-order valence-corrected chi connectivity index (χ2v) is 5.15. The van der Waals surface area contributed by atoms with Crippen molar-refractivity contribution in [2.75, 3.05) is 0 Å². The molecule has 1 atom stereocenters. The fourth-order valence-electron chi connectivity index (χ4n) is 1.93. The quantitative estimate of drug-likeness (QED) is 0.786. The number of alkyl halides is 1. The number of benzene rings is 1. The van der Waals surface area contributed by atoms with Crippen LogP contribution in [-0.2, 0) is 5.79 Å². The molecule has 0 aliphatic rings. The van der Waals surface area contributed by atoms with Crippen LogP contribution >= 0.6 is 23.2 Å². The van der Waals surface area contributed by atoms with Crippen LogP contribution in [0.3, 0.4) is 0 Å². The van der Waals surface area contributed by atoms with Gasteiger partial charge in [-0.3, -0.25) is 4.79 Å². The molecule has 0 saturated heterocycles. The molecule has 106 valence electrons. The third-order valence-electron chi connectivity index (χ3n) is 2.89. The van der Waals surface area contributed by atoms with E-state index in [0.717, 1.165) is 4.68 Å². The molecule has 1 unspecified atom stereocenters. The SMILES string of the molecule is CCCC(F)(C(=O)c1ccc(Cl)cc1Cl)n1cncn1. The molecule has 2 aromatic rings. The van der Waals surface area contributed by atoms with Crippen molar-refractivity contribution in [1.29, 1.82) is 0 Å². The van der Waals surface area contributed by atoms with Gasteiger partial charge < -0.3 is 0 Å². The summed E-state index contributed by atoms with van der Waals surface area (Å²) >= 11 is 11.8. The van der Waals surface area contributed by atoms with E-state index in [1.54, 1.807) is 6.92 Å². The lowest BCUT2D eigenvalue weighted by Gasteiger charge is -2.23. The number of carbonyl (C=O) groups is 1. The molecule has 1 aromatic heterocycles. The molecular formula is C13H12Cl2FN3O. The summed E-state index contributed by atoms with van der Waals surface area (Å²) in [5.74, 6) is -3.06. The van der Waals surface area contributed by atoms with Gasteiger partial charge in [0.25, 0.3) is 5.79 Å². The van der Waals surface area contributed by atoms with Crippen molar-refractivity contribution < 1.29 is 9.18 Å². The van der Waals surface area contributed by atoms with Crippen molar-refractivity contribution >= 4 is 29.0 Å². The zero-order valence-corrected chi connectivity index (χ0v) is 12.2. The van der Waals surface area contributed by atoms with Crippen LogP contribution in [0, 0.1) is 0 Å². The van der Waals surface area contributed by atoms with Gasteiger partial charge >= 0.3 is 0 Å². The largest absolute Gasteiger partial charge is 0.288 e. The van der Waals surface area contributed by atoms with E-state index in [2.05, 4.69) is 10.1 Å². The van der Waals surface area contributed by atoms with E-state index in [4.69, 9.17) is 23.2 Å². The van der Waals surface area contributed by atoms with Gasteiger partial charge in [0.15, 0.2) is 0 Å². The fraction of sp³-hybridized carbons (Fsp3) is 0.308. The number of hydrogen-bond donors (Lipinski definition) is 0. The van der Waals surface area contributed by atoms with Crippen molar-refractivity contribution in [3.8, 4) is 0 Å². The number of ketones is 1. The minimum atomic E-state index is -2.30. The van der Waals surface area contributed by atoms with Gasteiger partial charge in [-0.25, -0.2) is 14.1 Å². The Morgan fingerprint density at radius 3 is 2.75 bits per heavy atom. The van der Waals surface area contributed by atoms with Gasteiger partial charge in [0.1, 0.15) is 12.7 Å². The maximum absolute atomic E-state index is 15.1. The molecule has 0 fully saturated rings. The fourth-order valence-corrected chi connectivity index (χ4v) is 2.43. The van der Waals surface area contributed by atoms with E-state index in [1.807, 2.05) is 0 Å². The summed E-state index contributed by atoms with van der Waals surface area (Å²) in [4.78, 5) is 16.2. The molecule has 20 heavy (non-hydrogen) atoms. The van der Waals surface area contributed by atoms with Gasteiger partial charge in [0.2, 0.25) is 5.78 Å². The van der Waals surface area contributed by atoms with Crippen molar-refractivity contribution in [3.05, 3.63) is 46.5 Å². The Bertz CT molecular complexity index is 618. The van der Waals surface area contributed by atoms with Crippen LogP contribution in [0.5, 0.6) is 0 Å². The average molecular weight is 316 g/mol. The molecule has 0 spiro atoms. The summed E-state index contributed by atoms with van der Waals surface area (Å²) in [5.41, 5.74) is 0.0718. The number of rotatable bonds is 5. The zero-order valence-electron chi connectivity index (χ0n) is 10.7. The standard InChI is InChI=1S/C13H12Cl2FN3O/c1-2-5-13(16,19-8-17-7-18-19)12(20)10-4-3-9(14)6-11(10)15/h3-4,6-8H,2,5H2,1H3. The zero-order chi connectivity index (χ0) is 14.8. The number of carbonyl (C=O) groups excluding carboxylic acids is 1. The molecule has 0 bridgehead atoms. The molecule has 0 aliphatic heterocycles. The van der Waals surface area contributed by atoms with E-state index >= 15 is 4.39 Å². The number of Topliss-reactive ketones (excluding diaryl/α,β-unsaturated/α-hetero) is 1. The molecule has 0 aliphatic carbocycles. The molecule has 7 heteroatoms. The maximum atomic E-state index is 15.1. The number of halogens is 3. The highest BCUT2D eigenvalue weighted by atomic mass is 35.5. The summed E-state index contributed by atoms with van der Waals surface area (Å²) in [7, 11) is 0. The Hall–Kier alpha value is -1.46. The second kappa shape index (κ2) is 5.89. The maximum Gasteiger partial charge on any atom is 0.265 e. The lowest BCUT2D eigenvalue weighted by Crippen LogP contribution is -2.38. The second-order valence-electron chi connectivity index (χ2n) is 4.30. The molecule has 0 saturated carbocycles. The Morgan fingerprint density at radius 2 is 2.20 bits per heavy atom. The number of hydrogen-bond acceptors (Lipinski definition) is 3. The molecule has 0 N–H and O–H groups in total. The highest BCUT2D eigenvalue weighted by molar-refractivity contribution is 6.37. The van der Waals surface area contributed by atoms with Gasteiger partial charge in [-0.05, 0) is 18.2 Å². The Labute approximate surface area is 125 Å². The van der Waals surface area contributed by atoms with E-state index in [-0.39, 0.29) is 17.0 Å². The Balaban J connectivity index is 2.47. The first-order valence-corrected chi connectivity index (χ1v) is 6.78. The summed E-state index contributed by atoms with van der Waals surface area (Å²) in [6, 6.07) is 4.31. The molecule has 4 nitrogen and oxygen atoms in total. The molecule has 1 aromatic carbocycles. The highest BCUT2D eigenvalue weighted by Gasteiger charge is 2.42. The Morgan fingerprint density at radius 1 is 1.45 bits per heavy atom. The number of aromatic nitrogens is 3. The first kappa shape index (κ1) is 14.9. The first-order chi connectivity index (χ1) is 9.49. The first-order valence-electron chi connectivity index (χ1n) is 6.03. The summed E-state index contributed by atoms with van der Waals surface area (Å²) < 4.78 is 16.1. The monoisotopic (exact) mass is 315 g/mol. The van der Waals surface area contributed by atoms with Crippen molar-refractivity contribution in [2.45, 2.75) is 25.6 Å². The molecular weight excluding hydrogens is 304 g/mol. The van der Waals surface area contributed by atoms with Gasteiger partial charge in [-0.2, -0.15) is 5.10 Å². The predicted octanol–water partition coefficient (Wildman–Crippen LogP) is 3.89. The average Bonchev–Trinajstić information content (AvgIpc) is 2.92. The minimum absolute atomic E-state index is 0.0197. The third-order valence-corrected chi connectivity index (χ3v) is 3.43. The van der Waals surface area contributed by atoms with Gasteiger partial charge in [0.05, 0.1) is 5.02 Å². The normalized spacial score (nSPS) is 14.0. The van der Waals surface area contributed by atoms with Gasteiger partial charge in [-0.15, -0.1) is 0 Å². The van der Waals surface area contributed by atoms with E-state index in [0.29, 0.717) is 11.4 Å². The van der Waals surface area contributed by atoms with Gasteiger partial charge in [0, 0.05) is 17.0 Å². The molecule has 0 radical (unpaired) electrons. The summed E-state index contributed by atoms with van der Waals surface area (Å²) in [6.45, 7) is 1.78. The van der Waals surface area contributed by atoms with E-state index in [1.165, 1.54) is 30.9 Å². The minimum Gasteiger partial charge on any atom is -0.288 e. The van der Waals surface area contributed by atoms with Crippen LogP contribution < -0.4 is 0 Å². The van der Waals surface area contributed by atoms with Crippen LogP contribution in [0.2, 0.25) is 10.0 Å². The van der Waals surface area contributed by atoms with Crippen LogP contribution in [0.15, 0.2) is 30.9 Å². The Kier molecular flexibility index (Phi) is 4.40. The lowest BCUT2D eigenvalue weighted by atomic mass is 9.98. The van der Waals surface area contributed by atoms with Crippen molar-refractivity contribution in [3.63, 3.8) is 0 Å². The topological polar surface area (TPSA) is 47.8 Å².